The van der Waals surface area contributed by atoms with Crippen molar-refractivity contribution in [2.75, 3.05) is 14.2 Å². The molecule has 282 valence electrons. The van der Waals surface area contributed by atoms with E-state index in [0.717, 1.165) is 10.8 Å². The number of aliphatic imine (C=N–C) groups is 2. The molecule has 0 radical (unpaired) electrons. The molecule has 0 bridgehead atoms. The summed E-state index contributed by atoms with van der Waals surface area (Å²) in [5.41, 5.74) is 4.92. The minimum Gasteiger partial charge on any atom is -0.507 e. The largest absolute Gasteiger partial charge is 0.507 e. The molecule has 2 heterocycles. The second-order valence-corrected chi connectivity index (χ2v) is 11.4. The number of ether oxygens (including phenoxy) is 2. The molecular formula is C42H38N4Ni2O6. The van der Waals surface area contributed by atoms with E-state index in [1.165, 1.54) is 6.07 Å². The van der Waals surface area contributed by atoms with E-state index in [-0.39, 0.29) is 56.0 Å². The first kappa shape index (κ1) is 42.5. The molecule has 4 N–H and O–H groups in total. The maximum Gasteiger partial charge on any atom is 0.141 e. The zero-order valence-corrected chi connectivity index (χ0v) is 31.7. The van der Waals surface area contributed by atoms with Crippen molar-refractivity contribution in [3.8, 4) is 34.5 Å². The summed E-state index contributed by atoms with van der Waals surface area (Å²) >= 11 is 0. The molecule has 0 amide bonds. The monoisotopic (exact) mass is 810 g/mol. The van der Waals surface area contributed by atoms with Gasteiger partial charge in [0.25, 0.3) is 0 Å². The summed E-state index contributed by atoms with van der Waals surface area (Å²) < 4.78 is 10.5. The number of benzene rings is 5. The van der Waals surface area contributed by atoms with Crippen LogP contribution >= 0.6 is 0 Å². The van der Waals surface area contributed by atoms with Gasteiger partial charge in [0.2, 0.25) is 0 Å². The van der Waals surface area contributed by atoms with Gasteiger partial charge in [0, 0.05) is 96.9 Å². The van der Waals surface area contributed by atoms with Crippen molar-refractivity contribution in [3.63, 3.8) is 0 Å². The number of para-hydroxylation sites is 2. The van der Waals surface area contributed by atoms with Gasteiger partial charge < -0.3 is 29.9 Å². The number of pyridine rings is 2. The van der Waals surface area contributed by atoms with Crippen molar-refractivity contribution in [3.05, 3.63) is 145 Å². The average molecular weight is 812 g/mol. The van der Waals surface area contributed by atoms with Gasteiger partial charge in [-0.15, -0.1) is 0 Å². The molecule has 7 rings (SSSR count). The number of hydrogen-bond donors (Lipinski definition) is 4. The van der Waals surface area contributed by atoms with Gasteiger partial charge in [-0.05, 0) is 68.4 Å². The van der Waals surface area contributed by atoms with E-state index in [9.17, 15) is 20.4 Å². The summed E-state index contributed by atoms with van der Waals surface area (Å²) in [4.78, 5) is 17.2. The quantitative estimate of drug-likeness (QED) is 0.0959. The van der Waals surface area contributed by atoms with Crippen LogP contribution in [-0.4, -0.2) is 56.0 Å². The first-order chi connectivity index (χ1) is 25.2. The number of phenolic OH excluding ortho intramolecular Hbond substituents is 4. The standard InChI is InChI=1S/C24H24N2O4.2C9H7NO.2Ni/c1-15(25-17-7-5-9-19(11-17)29-3)21-13-22(24(28)14-23(21)27)16(2)26-18-8-6-10-20(12-18)30-4;2*11-8-5-1-3-7-4-2-6-10-9(7)8;;/h5-14,27-28H,1-4H3;2*1-6,11H;;. The van der Waals surface area contributed by atoms with Crippen LogP contribution in [0.25, 0.3) is 21.8 Å². The third-order valence-electron chi connectivity index (χ3n) is 7.82. The van der Waals surface area contributed by atoms with Crippen molar-refractivity contribution in [1.29, 1.82) is 0 Å². The fraction of sp³-hybridized carbons (Fsp3) is 0.0952. The van der Waals surface area contributed by atoms with E-state index in [2.05, 4.69) is 20.0 Å². The molecule has 5 aromatic carbocycles. The van der Waals surface area contributed by atoms with Crippen LogP contribution < -0.4 is 9.47 Å². The van der Waals surface area contributed by atoms with Crippen molar-refractivity contribution in [2.45, 2.75) is 13.8 Å². The van der Waals surface area contributed by atoms with Crippen LogP contribution in [0.5, 0.6) is 34.5 Å². The number of aromatic hydroxyl groups is 4. The Labute approximate surface area is 333 Å². The zero-order valence-electron chi connectivity index (χ0n) is 29.7. The van der Waals surface area contributed by atoms with E-state index in [0.29, 0.717) is 56.5 Å². The molecule has 0 atom stereocenters. The molecule has 2 aromatic heterocycles. The Morgan fingerprint density at radius 2 is 0.870 bits per heavy atom. The van der Waals surface area contributed by atoms with Crippen LogP contribution in [0.4, 0.5) is 11.4 Å². The van der Waals surface area contributed by atoms with Crippen LogP contribution in [0.3, 0.4) is 0 Å². The number of hydrogen-bond acceptors (Lipinski definition) is 10. The Balaban J connectivity index is 0.000000265. The second kappa shape index (κ2) is 20.3. The van der Waals surface area contributed by atoms with Gasteiger partial charge in [0.15, 0.2) is 0 Å². The first-order valence-electron chi connectivity index (χ1n) is 16.2. The van der Waals surface area contributed by atoms with Gasteiger partial charge in [0.05, 0.1) is 25.6 Å². The average Bonchev–Trinajstić information content (AvgIpc) is 3.16. The molecular weight excluding hydrogens is 774 g/mol. The van der Waals surface area contributed by atoms with Gasteiger partial charge in [-0.1, -0.05) is 48.5 Å². The van der Waals surface area contributed by atoms with Gasteiger partial charge in [-0.25, -0.2) is 0 Å². The second-order valence-electron chi connectivity index (χ2n) is 11.4. The maximum absolute atomic E-state index is 10.4. The fourth-order valence-corrected chi connectivity index (χ4v) is 5.20. The molecule has 0 aliphatic rings. The number of nitrogens with zero attached hydrogens (tertiary/aromatic N) is 4. The van der Waals surface area contributed by atoms with E-state index < -0.39 is 0 Å². The number of fused-ring (bicyclic) bond motifs is 2. The Morgan fingerprint density at radius 1 is 0.481 bits per heavy atom. The smallest absolute Gasteiger partial charge is 0.141 e. The van der Waals surface area contributed by atoms with Gasteiger partial charge in [0.1, 0.15) is 45.5 Å². The first-order valence-corrected chi connectivity index (χ1v) is 16.2. The van der Waals surface area contributed by atoms with E-state index in [1.54, 1.807) is 82.9 Å². The SMILES string of the molecule is COc1cccc(N=C(C)c2cc(C(C)=Nc3cccc(OC)c3)c(O)cc2O)c1.Oc1cccc2cccnc12.Oc1cccc2cccnc12.[Ni].[Ni]. The summed E-state index contributed by atoms with van der Waals surface area (Å²) in [6, 6.07) is 35.9. The molecule has 7 aromatic rings. The minimum atomic E-state index is -0.0606. The molecule has 0 unspecified atom stereocenters. The Morgan fingerprint density at radius 3 is 1.26 bits per heavy atom. The van der Waals surface area contributed by atoms with E-state index in [1.807, 2.05) is 72.8 Å². The molecule has 0 spiro atoms. The van der Waals surface area contributed by atoms with Gasteiger partial charge in [-0.3, -0.25) is 20.0 Å². The molecule has 0 saturated carbocycles. The Hall–Kier alpha value is -5.95. The van der Waals surface area contributed by atoms with Crippen molar-refractivity contribution in [2.24, 2.45) is 9.98 Å². The molecule has 0 aliphatic carbocycles. The van der Waals surface area contributed by atoms with Crippen LogP contribution in [0, 0.1) is 0 Å². The predicted octanol–water partition coefficient (Wildman–Crippen LogP) is 9.27. The topological polar surface area (TPSA) is 150 Å². The minimum absolute atomic E-state index is 0. The predicted molar refractivity (Wildman–Crippen MR) is 206 cm³/mol. The van der Waals surface area contributed by atoms with Gasteiger partial charge in [-0.2, -0.15) is 0 Å². The zero-order chi connectivity index (χ0) is 37.0. The van der Waals surface area contributed by atoms with E-state index in [4.69, 9.17) is 9.47 Å². The van der Waals surface area contributed by atoms with Crippen LogP contribution in [-0.2, 0) is 33.0 Å². The maximum atomic E-state index is 10.4. The number of methoxy groups -OCH3 is 2. The van der Waals surface area contributed by atoms with Crippen LogP contribution in [0.2, 0.25) is 0 Å². The summed E-state index contributed by atoms with van der Waals surface area (Å²) in [5, 5.41) is 41.3. The third-order valence-corrected chi connectivity index (χ3v) is 7.82. The molecule has 0 saturated heterocycles. The molecule has 10 nitrogen and oxygen atoms in total. The van der Waals surface area contributed by atoms with Crippen molar-refractivity contribution < 1.29 is 62.9 Å². The summed E-state index contributed by atoms with van der Waals surface area (Å²) in [6.45, 7) is 3.59. The summed E-state index contributed by atoms with van der Waals surface area (Å²) in [5.74, 6) is 1.75. The molecule has 54 heavy (non-hydrogen) atoms. The summed E-state index contributed by atoms with van der Waals surface area (Å²) in [7, 11) is 3.19. The Bertz CT molecular complexity index is 2210. The van der Waals surface area contributed by atoms with Gasteiger partial charge >= 0.3 is 0 Å². The molecule has 12 heteroatoms. The molecule has 0 fully saturated rings. The van der Waals surface area contributed by atoms with Crippen LogP contribution in [0.1, 0.15) is 25.0 Å². The Kier molecular flexibility index (Phi) is 16.0. The normalized spacial score (nSPS) is 10.8. The fourth-order valence-electron chi connectivity index (χ4n) is 5.20. The number of rotatable bonds is 6. The number of phenols is 4. The van der Waals surface area contributed by atoms with Crippen LogP contribution in [0.15, 0.2) is 144 Å². The van der Waals surface area contributed by atoms with Crippen molar-refractivity contribution in [1.82, 2.24) is 9.97 Å². The third kappa shape index (κ3) is 11.0. The molecule has 0 aliphatic heterocycles. The summed E-state index contributed by atoms with van der Waals surface area (Å²) in [6.07, 6.45) is 3.34. The number of aromatic nitrogens is 2. The van der Waals surface area contributed by atoms with Crippen molar-refractivity contribution >= 4 is 44.6 Å². The van der Waals surface area contributed by atoms with E-state index >= 15 is 0 Å².